The van der Waals surface area contributed by atoms with Gasteiger partial charge in [-0.25, -0.2) is 12.7 Å². The SMILES string of the molecule is CCOc1ccc(NC(=O)C(C)(C)C)cc1S(=O)(=O)N(C)C. The van der Waals surface area contributed by atoms with E-state index in [2.05, 4.69) is 5.32 Å². The highest BCUT2D eigenvalue weighted by molar-refractivity contribution is 7.89. The van der Waals surface area contributed by atoms with Gasteiger partial charge in [-0.3, -0.25) is 4.79 Å². The van der Waals surface area contributed by atoms with Gasteiger partial charge >= 0.3 is 0 Å². The number of carbonyl (C=O) groups is 1. The van der Waals surface area contributed by atoms with Gasteiger partial charge in [-0.05, 0) is 25.1 Å². The maximum Gasteiger partial charge on any atom is 0.246 e. The minimum atomic E-state index is -3.67. The smallest absolute Gasteiger partial charge is 0.246 e. The number of amides is 1. The van der Waals surface area contributed by atoms with Crippen LogP contribution in [0, 0.1) is 5.41 Å². The van der Waals surface area contributed by atoms with Gasteiger partial charge in [-0.2, -0.15) is 0 Å². The van der Waals surface area contributed by atoms with Crippen LogP contribution in [0.5, 0.6) is 5.75 Å². The third-order valence-corrected chi connectivity index (χ3v) is 4.78. The summed E-state index contributed by atoms with van der Waals surface area (Å²) in [5.41, 5.74) is -0.150. The van der Waals surface area contributed by atoms with Gasteiger partial charge in [0.2, 0.25) is 15.9 Å². The van der Waals surface area contributed by atoms with Gasteiger partial charge in [-0.1, -0.05) is 20.8 Å². The number of hydrogen-bond acceptors (Lipinski definition) is 4. The summed E-state index contributed by atoms with van der Waals surface area (Å²) in [6, 6.07) is 4.60. The molecule has 0 saturated heterocycles. The molecule has 22 heavy (non-hydrogen) atoms. The molecule has 1 amide bonds. The van der Waals surface area contributed by atoms with Crippen LogP contribution in [-0.4, -0.2) is 39.3 Å². The summed E-state index contributed by atoms with van der Waals surface area (Å²) in [6.45, 7) is 7.49. The Bertz CT molecular complexity index is 646. The van der Waals surface area contributed by atoms with E-state index in [0.717, 1.165) is 4.31 Å². The molecule has 0 aliphatic carbocycles. The van der Waals surface area contributed by atoms with Crippen molar-refractivity contribution >= 4 is 21.6 Å². The maximum atomic E-state index is 12.4. The summed E-state index contributed by atoms with van der Waals surface area (Å²) in [5.74, 6) is 0.0785. The maximum absolute atomic E-state index is 12.4. The normalized spacial score (nSPS) is 12.3. The summed E-state index contributed by atoms with van der Waals surface area (Å²) in [6.07, 6.45) is 0. The zero-order chi connectivity index (χ0) is 17.1. The van der Waals surface area contributed by atoms with Crippen LogP contribution in [0.1, 0.15) is 27.7 Å². The van der Waals surface area contributed by atoms with Gasteiger partial charge in [0.15, 0.2) is 0 Å². The summed E-state index contributed by atoms with van der Waals surface area (Å²) in [4.78, 5) is 12.1. The average molecular weight is 328 g/mol. The fraction of sp³-hybridized carbons (Fsp3) is 0.533. The largest absolute Gasteiger partial charge is 0.492 e. The Labute approximate surface area is 132 Å². The van der Waals surface area contributed by atoms with E-state index >= 15 is 0 Å². The molecule has 0 fully saturated rings. The lowest BCUT2D eigenvalue weighted by Crippen LogP contribution is -2.28. The fourth-order valence-electron chi connectivity index (χ4n) is 1.58. The van der Waals surface area contributed by atoms with Crippen LogP contribution in [-0.2, 0) is 14.8 Å². The Morgan fingerprint density at radius 3 is 2.32 bits per heavy atom. The number of benzene rings is 1. The number of hydrogen-bond donors (Lipinski definition) is 1. The minimum Gasteiger partial charge on any atom is -0.492 e. The van der Waals surface area contributed by atoms with Crippen molar-refractivity contribution in [3.05, 3.63) is 18.2 Å². The van der Waals surface area contributed by atoms with Crippen molar-refractivity contribution < 1.29 is 17.9 Å². The number of anilines is 1. The predicted molar refractivity (Wildman–Crippen MR) is 86.6 cm³/mol. The van der Waals surface area contributed by atoms with Crippen molar-refractivity contribution in [3.63, 3.8) is 0 Å². The van der Waals surface area contributed by atoms with E-state index < -0.39 is 15.4 Å². The van der Waals surface area contributed by atoms with E-state index in [4.69, 9.17) is 4.74 Å². The molecule has 1 aromatic rings. The lowest BCUT2D eigenvalue weighted by Gasteiger charge is -2.20. The molecule has 0 saturated carbocycles. The molecular formula is C15H24N2O4S. The molecule has 0 atom stereocenters. The van der Waals surface area contributed by atoms with E-state index in [1.807, 2.05) is 0 Å². The third-order valence-electron chi connectivity index (χ3n) is 2.94. The second-order valence-electron chi connectivity index (χ2n) is 6.09. The quantitative estimate of drug-likeness (QED) is 0.900. The van der Waals surface area contributed by atoms with Crippen molar-refractivity contribution in [2.75, 3.05) is 26.0 Å². The van der Waals surface area contributed by atoms with Crippen molar-refractivity contribution in [2.24, 2.45) is 5.41 Å². The van der Waals surface area contributed by atoms with Crippen molar-refractivity contribution in [2.45, 2.75) is 32.6 Å². The molecule has 0 aliphatic heterocycles. The van der Waals surface area contributed by atoms with Crippen molar-refractivity contribution in [1.82, 2.24) is 4.31 Å². The Morgan fingerprint density at radius 2 is 1.86 bits per heavy atom. The van der Waals surface area contributed by atoms with Gasteiger partial charge < -0.3 is 10.1 Å². The van der Waals surface area contributed by atoms with Gasteiger partial charge in [0.25, 0.3) is 0 Å². The fourth-order valence-corrected chi connectivity index (χ4v) is 2.63. The van der Waals surface area contributed by atoms with Crippen molar-refractivity contribution in [3.8, 4) is 5.75 Å². The van der Waals surface area contributed by atoms with Gasteiger partial charge in [0.1, 0.15) is 10.6 Å². The summed E-state index contributed by atoms with van der Waals surface area (Å²) < 4.78 is 31.3. The van der Waals surface area contributed by atoms with Crippen LogP contribution in [0.15, 0.2) is 23.1 Å². The highest BCUT2D eigenvalue weighted by Crippen LogP contribution is 2.30. The molecule has 0 spiro atoms. The van der Waals surface area contributed by atoms with Gasteiger partial charge in [-0.15, -0.1) is 0 Å². The lowest BCUT2D eigenvalue weighted by molar-refractivity contribution is -0.123. The van der Waals surface area contributed by atoms with Crippen LogP contribution in [0.2, 0.25) is 0 Å². The first-order chi connectivity index (χ1) is 10.00. The highest BCUT2D eigenvalue weighted by atomic mass is 32.2. The third kappa shape index (κ3) is 4.20. The summed E-state index contributed by atoms with van der Waals surface area (Å²) in [7, 11) is -0.767. The van der Waals surface area contributed by atoms with Crippen LogP contribution in [0.4, 0.5) is 5.69 Å². The molecule has 1 rings (SSSR count). The van der Waals surface area contributed by atoms with Crippen LogP contribution < -0.4 is 10.1 Å². The minimum absolute atomic E-state index is 0.0334. The van der Waals surface area contributed by atoms with E-state index in [9.17, 15) is 13.2 Å². The molecule has 7 heteroatoms. The molecule has 0 unspecified atom stereocenters. The molecule has 1 N–H and O–H groups in total. The number of rotatable bonds is 5. The molecule has 6 nitrogen and oxygen atoms in total. The van der Waals surface area contributed by atoms with Crippen LogP contribution in [0.3, 0.4) is 0 Å². The van der Waals surface area contributed by atoms with E-state index in [-0.39, 0.29) is 16.6 Å². The Kier molecular flexibility index (Phi) is 5.59. The second-order valence-corrected chi connectivity index (χ2v) is 8.21. The number of ether oxygens (including phenoxy) is 1. The molecule has 1 aromatic carbocycles. The number of carbonyl (C=O) groups excluding carboxylic acids is 1. The number of sulfonamides is 1. The molecule has 0 bridgehead atoms. The number of nitrogens with zero attached hydrogens (tertiary/aromatic N) is 1. The molecular weight excluding hydrogens is 304 g/mol. The van der Waals surface area contributed by atoms with Crippen LogP contribution >= 0.6 is 0 Å². The Hall–Kier alpha value is -1.60. The molecule has 0 aromatic heterocycles. The molecule has 124 valence electrons. The lowest BCUT2D eigenvalue weighted by atomic mass is 9.95. The number of nitrogens with one attached hydrogen (secondary N) is 1. The first-order valence-electron chi connectivity index (χ1n) is 7.01. The van der Waals surface area contributed by atoms with Gasteiger partial charge in [0.05, 0.1) is 6.61 Å². The zero-order valence-electron chi connectivity index (χ0n) is 13.9. The Morgan fingerprint density at radius 1 is 1.27 bits per heavy atom. The van der Waals surface area contributed by atoms with E-state index in [1.165, 1.54) is 20.2 Å². The second kappa shape index (κ2) is 6.66. The summed E-state index contributed by atoms with van der Waals surface area (Å²) >= 11 is 0. The van der Waals surface area contributed by atoms with Crippen molar-refractivity contribution in [1.29, 1.82) is 0 Å². The van der Waals surface area contributed by atoms with Gasteiger partial charge in [0, 0.05) is 25.2 Å². The first-order valence-corrected chi connectivity index (χ1v) is 8.45. The first kappa shape index (κ1) is 18.4. The van der Waals surface area contributed by atoms with E-state index in [0.29, 0.717) is 12.3 Å². The Balaban J connectivity index is 3.29. The summed E-state index contributed by atoms with van der Waals surface area (Å²) in [5, 5.41) is 2.73. The monoisotopic (exact) mass is 328 g/mol. The standard InChI is InChI=1S/C15H24N2O4S/c1-7-21-12-9-8-11(16-14(18)15(2,3)4)10-13(12)22(19,20)17(5)6/h8-10H,7H2,1-6H3,(H,16,18). The predicted octanol–water partition coefficient (Wildman–Crippen LogP) is 2.32. The topological polar surface area (TPSA) is 75.7 Å². The molecule has 0 aliphatic rings. The zero-order valence-corrected chi connectivity index (χ0v) is 14.7. The van der Waals surface area contributed by atoms with Crippen LogP contribution in [0.25, 0.3) is 0 Å². The average Bonchev–Trinajstić information content (AvgIpc) is 2.39. The molecule has 0 radical (unpaired) electrons. The highest BCUT2D eigenvalue weighted by Gasteiger charge is 2.25. The van der Waals surface area contributed by atoms with E-state index in [1.54, 1.807) is 39.8 Å². The molecule has 0 heterocycles.